The second kappa shape index (κ2) is 7.35. The summed E-state index contributed by atoms with van der Waals surface area (Å²) in [6.07, 6.45) is 5.17. The van der Waals surface area contributed by atoms with Crippen LogP contribution in [0.1, 0.15) is 36.7 Å². The Balaban J connectivity index is 2.06. The molecule has 0 spiro atoms. The van der Waals surface area contributed by atoms with Crippen molar-refractivity contribution in [2.45, 2.75) is 32.2 Å². The fraction of sp³-hybridized carbons (Fsp3) is 0.333. The molecule has 7 heteroatoms. The first kappa shape index (κ1) is 15.7. The van der Waals surface area contributed by atoms with Crippen LogP contribution in [0, 0.1) is 0 Å². The molecule has 0 unspecified atom stereocenters. The number of aromatic nitrogens is 2. The van der Waals surface area contributed by atoms with Gasteiger partial charge >= 0.3 is 5.97 Å². The lowest BCUT2D eigenvalue weighted by Gasteiger charge is -2.12. The molecule has 0 aliphatic rings. The van der Waals surface area contributed by atoms with Gasteiger partial charge in [-0.3, -0.25) is 9.78 Å². The average Bonchev–Trinajstić information content (AvgIpc) is 3.02. The lowest BCUT2D eigenvalue weighted by atomic mass is 10.1. The number of carbonyl (C=O) groups excluding carboxylic acids is 1. The highest BCUT2D eigenvalue weighted by molar-refractivity contribution is 5.95. The Morgan fingerprint density at radius 2 is 2.27 bits per heavy atom. The molecule has 0 aliphatic heterocycles. The average molecular weight is 303 g/mol. The smallest absolute Gasteiger partial charge is 0.326 e. The Morgan fingerprint density at radius 1 is 1.45 bits per heavy atom. The van der Waals surface area contributed by atoms with Crippen LogP contribution in [0.25, 0.3) is 11.3 Å². The predicted octanol–water partition coefficient (Wildman–Crippen LogP) is 2.11. The highest BCUT2D eigenvalue weighted by Crippen LogP contribution is 2.18. The van der Waals surface area contributed by atoms with Crippen molar-refractivity contribution in [1.29, 1.82) is 0 Å². The minimum absolute atomic E-state index is 0.0431. The van der Waals surface area contributed by atoms with Crippen LogP contribution in [0.15, 0.2) is 35.1 Å². The second-order valence-electron chi connectivity index (χ2n) is 4.82. The maximum absolute atomic E-state index is 12.1. The van der Waals surface area contributed by atoms with E-state index in [9.17, 15) is 9.59 Å². The fourth-order valence-corrected chi connectivity index (χ4v) is 1.92. The van der Waals surface area contributed by atoms with E-state index < -0.39 is 17.9 Å². The van der Waals surface area contributed by atoms with Gasteiger partial charge in [-0.1, -0.05) is 24.9 Å². The molecule has 1 amide bonds. The van der Waals surface area contributed by atoms with Crippen molar-refractivity contribution < 1.29 is 19.2 Å². The van der Waals surface area contributed by atoms with Gasteiger partial charge in [0, 0.05) is 24.0 Å². The highest BCUT2D eigenvalue weighted by Gasteiger charge is 2.22. The number of unbranched alkanes of at least 4 members (excludes halogenated alkanes) is 1. The summed E-state index contributed by atoms with van der Waals surface area (Å²) < 4.78 is 5.10. The van der Waals surface area contributed by atoms with Crippen LogP contribution in [0.3, 0.4) is 0 Å². The number of carboxylic acids is 1. The van der Waals surface area contributed by atoms with Crippen LogP contribution in [0.5, 0.6) is 0 Å². The van der Waals surface area contributed by atoms with Crippen molar-refractivity contribution in [3.63, 3.8) is 0 Å². The number of carboxylic acid groups (broad SMARTS) is 1. The number of hydrogen-bond acceptors (Lipinski definition) is 5. The summed E-state index contributed by atoms with van der Waals surface area (Å²) in [7, 11) is 0. The van der Waals surface area contributed by atoms with Gasteiger partial charge < -0.3 is 14.9 Å². The Bertz CT molecular complexity index is 639. The monoisotopic (exact) mass is 303 g/mol. The molecule has 2 aromatic heterocycles. The summed E-state index contributed by atoms with van der Waals surface area (Å²) in [5.41, 5.74) is 0.733. The van der Waals surface area contributed by atoms with Gasteiger partial charge in [0.05, 0.1) is 0 Å². The lowest BCUT2D eigenvalue weighted by Crippen LogP contribution is -2.40. The van der Waals surface area contributed by atoms with Crippen LogP contribution in [0.2, 0.25) is 0 Å². The molecule has 22 heavy (non-hydrogen) atoms. The molecule has 0 saturated heterocycles. The van der Waals surface area contributed by atoms with Crippen LogP contribution in [-0.2, 0) is 4.79 Å². The molecule has 0 aliphatic carbocycles. The Hall–Kier alpha value is -2.70. The van der Waals surface area contributed by atoms with Crippen LogP contribution in [-0.4, -0.2) is 33.2 Å². The number of amides is 1. The van der Waals surface area contributed by atoms with Crippen molar-refractivity contribution in [2.24, 2.45) is 0 Å². The molecule has 2 rings (SSSR count). The zero-order valence-electron chi connectivity index (χ0n) is 12.2. The van der Waals surface area contributed by atoms with E-state index >= 15 is 0 Å². The van der Waals surface area contributed by atoms with Gasteiger partial charge in [-0.05, 0) is 18.6 Å². The first-order valence-electron chi connectivity index (χ1n) is 7.02. The standard InChI is InChI=1S/C15H17N3O4/c1-2-3-6-11(15(20)21)17-14(19)12-8-13(22-18-12)10-5-4-7-16-9-10/h4-5,7-9,11H,2-3,6H2,1H3,(H,17,19)(H,20,21)/t11-/m0/s1. The topological polar surface area (TPSA) is 105 Å². The van der Waals surface area contributed by atoms with Crippen LogP contribution in [0.4, 0.5) is 0 Å². The lowest BCUT2D eigenvalue weighted by molar-refractivity contribution is -0.139. The summed E-state index contributed by atoms with van der Waals surface area (Å²) in [4.78, 5) is 27.1. The minimum Gasteiger partial charge on any atom is -0.480 e. The number of rotatable bonds is 7. The third-order valence-electron chi connectivity index (χ3n) is 3.14. The first-order chi connectivity index (χ1) is 10.6. The van der Waals surface area contributed by atoms with Crippen molar-refractivity contribution in [3.8, 4) is 11.3 Å². The molecule has 7 nitrogen and oxygen atoms in total. The quantitative estimate of drug-likeness (QED) is 0.811. The molecule has 0 radical (unpaired) electrons. The Morgan fingerprint density at radius 3 is 2.91 bits per heavy atom. The van der Waals surface area contributed by atoms with Gasteiger partial charge in [0.25, 0.3) is 5.91 Å². The fourth-order valence-electron chi connectivity index (χ4n) is 1.92. The van der Waals surface area contributed by atoms with E-state index in [2.05, 4.69) is 15.5 Å². The van der Waals surface area contributed by atoms with E-state index in [0.29, 0.717) is 17.7 Å². The molecule has 0 fully saturated rings. The maximum atomic E-state index is 12.1. The zero-order chi connectivity index (χ0) is 15.9. The number of aliphatic carboxylic acids is 1. The highest BCUT2D eigenvalue weighted by atomic mass is 16.5. The van der Waals surface area contributed by atoms with Crippen molar-refractivity contribution >= 4 is 11.9 Å². The first-order valence-corrected chi connectivity index (χ1v) is 7.02. The second-order valence-corrected chi connectivity index (χ2v) is 4.82. The van der Waals surface area contributed by atoms with Crippen LogP contribution < -0.4 is 5.32 Å². The SMILES string of the molecule is CCCC[C@H](NC(=O)c1cc(-c2cccnc2)on1)C(=O)O. The van der Waals surface area contributed by atoms with E-state index in [1.165, 1.54) is 6.07 Å². The summed E-state index contributed by atoms with van der Waals surface area (Å²) in [6, 6.07) is 4.05. The number of nitrogens with one attached hydrogen (secondary N) is 1. The van der Waals surface area contributed by atoms with E-state index in [-0.39, 0.29) is 5.69 Å². The van der Waals surface area contributed by atoms with Gasteiger partial charge in [-0.25, -0.2) is 4.79 Å². The minimum atomic E-state index is -1.06. The third kappa shape index (κ3) is 3.91. The predicted molar refractivity (Wildman–Crippen MR) is 78.1 cm³/mol. The Labute approximate surface area is 127 Å². The summed E-state index contributed by atoms with van der Waals surface area (Å²) in [6.45, 7) is 1.96. The number of pyridine rings is 1. The molecule has 0 aromatic carbocycles. The number of carbonyl (C=O) groups is 2. The van der Waals surface area contributed by atoms with Gasteiger partial charge in [-0.2, -0.15) is 0 Å². The largest absolute Gasteiger partial charge is 0.480 e. The molecular formula is C15H17N3O4. The number of nitrogens with zero attached hydrogens (tertiary/aromatic N) is 2. The van der Waals surface area contributed by atoms with E-state index in [1.54, 1.807) is 24.5 Å². The summed E-state index contributed by atoms with van der Waals surface area (Å²) in [5.74, 6) is -1.22. The summed E-state index contributed by atoms with van der Waals surface area (Å²) in [5, 5.41) is 15.2. The molecule has 2 aromatic rings. The van der Waals surface area contributed by atoms with Gasteiger partial charge in [-0.15, -0.1) is 0 Å². The molecule has 2 N–H and O–H groups in total. The van der Waals surface area contributed by atoms with Crippen molar-refractivity contribution in [3.05, 3.63) is 36.3 Å². The van der Waals surface area contributed by atoms with Crippen LogP contribution >= 0.6 is 0 Å². The molecule has 2 heterocycles. The van der Waals surface area contributed by atoms with E-state index in [4.69, 9.17) is 9.63 Å². The van der Waals surface area contributed by atoms with Gasteiger partial charge in [0.15, 0.2) is 11.5 Å². The number of hydrogen-bond donors (Lipinski definition) is 2. The molecule has 0 bridgehead atoms. The zero-order valence-corrected chi connectivity index (χ0v) is 12.2. The van der Waals surface area contributed by atoms with Crippen molar-refractivity contribution in [2.75, 3.05) is 0 Å². The third-order valence-corrected chi connectivity index (χ3v) is 3.14. The molecule has 116 valence electrons. The Kier molecular flexibility index (Phi) is 5.24. The maximum Gasteiger partial charge on any atom is 0.326 e. The van der Waals surface area contributed by atoms with E-state index in [0.717, 1.165) is 12.8 Å². The van der Waals surface area contributed by atoms with Gasteiger partial charge in [0.2, 0.25) is 0 Å². The molecular weight excluding hydrogens is 286 g/mol. The normalized spacial score (nSPS) is 11.9. The summed E-state index contributed by atoms with van der Waals surface area (Å²) >= 11 is 0. The molecule has 1 atom stereocenters. The van der Waals surface area contributed by atoms with Gasteiger partial charge in [0.1, 0.15) is 6.04 Å². The van der Waals surface area contributed by atoms with Crippen molar-refractivity contribution in [1.82, 2.24) is 15.5 Å². The van der Waals surface area contributed by atoms with E-state index in [1.807, 2.05) is 6.92 Å². The molecule has 0 saturated carbocycles.